The molecule has 40 heavy (non-hydrogen) atoms. The van der Waals surface area contributed by atoms with Crippen LogP contribution >= 0.6 is 11.8 Å². The van der Waals surface area contributed by atoms with Crippen molar-refractivity contribution in [2.75, 3.05) is 11.1 Å². The standard InChI is InChI=1S/C32H25N5O2S/c1-19-14-21(3)29-24(15-19)20(2)16-26-35-36-32(37(26)29)40-18-27(38)34-31-25(17-33)28(22-10-6-4-7-11-22)30(39-31)23-12-8-5-9-13-23/h4-16H,18H2,1-3H3,(H,34,38). The topological polar surface area (TPSA) is 96.2 Å². The smallest absolute Gasteiger partial charge is 0.237 e. The summed E-state index contributed by atoms with van der Waals surface area (Å²) in [6, 6.07) is 27.7. The number of hydrogen-bond acceptors (Lipinski definition) is 6. The minimum atomic E-state index is -0.310. The van der Waals surface area contributed by atoms with E-state index in [9.17, 15) is 10.1 Å². The molecule has 8 heteroatoms. The van der Waals surface area contributed by atoms with Gasteiger partial charge in [0.1, 0.15) is 17.4 Å². The zero-order valence-corrected chi connectivity index (χ0v) is 23.0. The first-order valence-corrected chi connectivity index (χ1v) is 13.8. The van der Waals surface area contributed by atoms with E-state index in [-0.39, 0.29) is 23.1 Å². The van der Waals surface area contributed by atoms with Gasteiger partial charge in [-0.05, 0) is 49.6 Å². The minimum Gasteiger partial charge on any atom is -0.438 e. The molecule has 3 heterocycles. The van der Waals surface area contributed by atoms with Gasteiger partial charge in [0.05, 0.1) is 11.3 Å². The van der Waals surface area contributed by atoms with Crippen molar-refractivity contribution in [1.82, 2.24) is 14.6 Å². The van der Waals surface area contributed by atoms with E-state index in [1.54, 1.807) is 0 Å². The third kappa shape index (κ3) is 4.51. The number of anilines is 1. The van der Waals surface area contributed by atoms with Crippen LogP contribution in [0.3, 0.4) is 0 Å². The van der Waals surface area contributed by atoms with Gasteiger partial charge in [0, 0.05) is 16.5 Å². The van der Waals surface area contributed by atoms with Crippen LogP contribution in [0.4, 0.5) is 5.88 Å². The van der Waals surface area contributed by atoms with E-state index in [1.807, 2.05) is 71.1 Å². The number of thioether (sulfide) groups is 1. The molecule has 0 aliphatic rings. The van der Waals surface area contributed by atoms with Crippen LogP contribution in [0.2, 0.25) is 0 Å². The maximum atomic E-state index is 13.2. The first-order valence-electron chi connectivity index (χ1n) is 12.8. The largest absolute Gasteiger partial charge is 0.438 e. The minimum absolute atomic E-state index is 0.0635. The second-order valence-electron chi connectivity index (χ2n) is 9.67. The maximum absolute atomic E-state index is 13.2. The number of rotatable bonds is 6. The van der Waals surface area contributed by atoms with Gasteiger partial charge in [-0.3, -0.25) is 14.5 Å². The van der Waals surface area contributed by atoms with E-state index < -0.39 is 0 Å². The predicted molar refractivity (Wildman–Crippen MR) is 158 cm³/mol. The molecule has 196 valence electrons. The number of pyridine rings is 1. The van der Waals surface area contributed by atoms with E-state index >= 15 is 0 Å². The molecule has 6 rings (SSSR count). The van der Waals surface area contributed by atoms with Crippen molar-refractivity contribution in [2.24, 2.45) is 0 Å². The number of aryl methyl sites for hydroxylation is 3. The van der Waals surface area contributed by atoms with Gasteiger partial charge >= 0.3 is 0 Å². The van der Waals surface area contributed by atoms with Gasteiger partial charge in [-0.25, -0.2) is 0 Å². The lowest BCUT2D eigenvalue weighted by Gasteiger charge is -2.11. The Bertz CT molecular complexity index is 1940. The Balaban J connectivity index is 1.32. The molecule has 0 radical (unpaired) electrons. The van der Waals surface area contributed by atoms with Crippen LogP contribution < -0.4 is 5.32 Å². The number of carbonyl (C=O) groups is 1. The van der Waals surface area contributed by atoms with Crippen LogP contribution in [0.25, 0.3) is 39.0 Å². The van der Waals surface area contributed by atoms with E-state index in [0.717, 1.165) is 38.8 Å². The number of hydrogen-bond donors (Lipinski definition) is 1. The van der Waals surface area contributed by atoms with Gasteiger partial charge in [0.2, 0.25) is 11.8 Å². The third-order valence-corrected chi connectivity index (χ3v) is 7.73. The number of nitriles is 1. The second-order valence-corrected chi connectivity index (χ2v) is 10.6. The number of nitrogens with zero attached hydrogens (tertiary/aromatic N) is 4. The fourth-order valence-corrected chi connectivity index (χ4v) is 5.84. The number of amides is 1. The zero-order chi connectivity index (χ0) is 27.8. The molecule has 3 aromatic carbocycles. The summed E-state index contributed by atoms with van der Waals surface area (Å²) in [5.41, 5.74) is 7.77. The maximum Gasteiger partial charge on any atom is 0.237 e. The van der Waals surface area contributed by atoms with Gasteiger partial charge in [-0.2, -0.15) is 5.26 Å². The fraction of sp³-hybridized carbons (Fsp3) is 0.125. The Morgan fingerprint density at radius 1 is 0.950 bits per heavy atom. The Morgan fingerprint density at radius 3 is 2.35 bits per heavy atom. The number of fused-ring (bicyclic) bond motifs is 3. The van der Waals surface area contributed by atoms with Crippen molar-refractivity contribution in [2.45, 2.75) is 25.9 Å². The molecule has 0 spiro atoms. The molecule has 0 saturated carbocycles. The van der Waals surface area contributed by atoms with Crippen LogP contribution in [-0.2, 0) is 4.79 Å². The molecule has 0 unspecified atom stereocenters. The summed E-state index contributed by atoms with van der Waals surface area (Å²) in [7, 11) is 0. The normalized spacial score (nSPS) is 11.2. The van der Waals surface area contributed by atoms with Crippen LogP contribution in [0.15, 0.2) is 88.4 Å². The zero-order valence-electron chi connectivity index (χ0n) is 22.2. The molecule has 0 aliphatic carbocycles. The van der Waals surface area contributed by atoms with E-state index in [0.29, 0.717) is 16.5 Å². The second kappa shape index (κ2) is 10.4. The summed E-state index contributed by atoms with van der Waals surface area (Å²) in [4.78, 5) is 13.2. The molecule has 6 aromatic rings. The molecule has 1 amide bonds. The predicted octanol–water partition coefficient (Wildman–Crippen LogP) is 7.34. The molecule has 3 aromatic heterocycles. The lowest BCUT2D eigenvalue weighted by Crippen LogP contribution is -2.14. The van der Waals surface area contributed by atoms with Gasteiger partial charge in [-0.15, -0.1) is 10.2 Å². The first kappa shape index (κ1) is 25.4. The highest BCUT2D eigenvalue weighted by Gasteiger charge is 2.24. The number of benzene rings is 3. The molecule has 0 aliphatic heterocycles. The van der Waals surface area contributed by atoms with Gasteiger partial charge in [-0.1, -0.05) is 84.1 Å². The Hall–Kier alpha value is -4.87. The first-order chi connectivity index (χ1) is 19.4. The highest BCUT2D eigenvalue weighted by Crippen LogP contribution is 2.41. The quantitative estimate of drug-likeness (QED) is 0.221. The molecular weight excluding hydrogens is 518 g/mol. The molecular formula is C32H25N5O2S. The van der Waals surface area contributed by atoms with Gasteiger partial charge in [0.25, 0.3) is 0 Å². The summed E-state index contributed by atoms with van der Waals surface area (Å²) < 4.78 is 8.16. The van der Waals surface area contributed by atoms with Crippen molar-refractivity contribution in [3.05, 3.63) is 101 Å². The van der Waals surface area contributed by atoms with E-state index in [4.69, 9.17) is 4.42 Å². The Kier molecular flexibility index (Phi) is 6.58. The molecule has 0 saturated heterocycles. The molecule has 7 nitrogen and oxygen atoms in total. The Morgan fingerprint density at radius 2 is 1.65 bits per heavy atom. The van der Waals surface area contributed by atoms with Gasteiger partial charge in [0.15, 0.2) is 10.8 Å². The number of nitrogens with one attached hydrogen (secondary N) is 1. The Labute approximate surface area is 235 Å². The van der Waals surface area contributed by atoms with Crippen LogP contribution in [0, 0.1) is 32.1 Å². The summed E-state index contributed by atoms with van der Waals surface area (Å²) in [5.74, 6) is 0.412. The van der Waals surface area contributed by atoms with Crippen LogP contribution in [0.5, 0.6) is 0 Å². The highest BCUT2D eigenvalue weighted by atomic mass is 32.2. The highest BCUT2D eigenvalue weighted by molar-refractivity contribution is 7.99. The lowest BCUT2D eigenvalue weighted by molar-refractivity contribution is -0.113. The summed E-state index contributed by atoms with van der Waals surface area (Å²) in [6.45, 7) is 6.23. The average Bonchev–Trinajstić information content (AvgIpc) is 3.53. The van der Waals surface area contributed by atoms with Crippen molar-refractivity contribution in [3.63, 3.8) is 0 Å². The van der Waals surface area contributed by atoms with E-state index in [1.165, 1.54) is 17.3 Å². The van der Waals surface area contributed by atoms with Crippen molar-refractivity contribution < 1.29 is 9.21 Å². The van der Waals surface area contributed by atoms with Crippen molar-refractivity contribution >= 4 is 40.1 Å². The van der Waals surface area contributed by atoms with Crippen molar-refractivity contribution in [3.8, 4) is 28.5 Å². The summed E-state index contributed by atoms with van der Waals surface area (Å²) in [5, 5.41) is 23.4. The number of furan rings is 1. The molecule has 0 fully saturated rings. The third-order valence-electron chi connectivity index (χ3n) is 6.80. The van der Waals surface area contributed by atoms with Crippen LogP contribution in [-0.4, -0.2) is 26.3 Å². The molecule has 0 atom stereocenters. The van der Waals surface area contributed by atoms with E-state index in [2.05, 4.69) is 54.5 Å². The van der Waals surface area contributed by atoms with Crippen molar-refractivity contribution in [1.29, 1.82) is 5.26 Å². The SMILES string of the molecule is Cc1cc(C)c2c(c1)c(C)cc1nnc(SCC(=O)Nc3oc(-c4ccccc4)c(-c4ccccc4)c3C#N)n12. The lowest BCUT2D eigenvalue weighted by atomic mass is 9.98. The fourth-order valence-electron chi connectivity index (χ4n) is 5.10. The molecule has 0 bridgehead atoms. The van der Waals surface area contributed by atoms with Crippen LogP contribution in [0.1, 0.15) is 22.3 Å². The molecule has 1 N–H and O–H groups in total. The number of carbonyl (C=O) groups excluding carboxylic acids is 1. The summed E-state index contributed by atoms with van der Waals surface area (Å²) >= 11 is 1.29. The average molecular weight is 544 g/mol. The number of aromatic nitrogens is 3. The summed E-state index contributed by atoms with van der Waals surface area (Å²) in [6.07, 6.45) is 0. The monoisotopic (exact) mass is 543 g/mol. The van der Waals surface area contributed by atoms with Gasteiger partial charge < -0.3 is 4.42 Å².